The van der Waals surface area contributed by atoms with Crippen LogP contribution in [0, 0.1) is 0 Å². The number of hydrogen-bond donors (Lipinski definition) is 3. The second-order valence-electron chi connectivity index (χ2n) is 6.02. The summed E-state index contributed by atoms with van der Waals surface area (Å²) in [5, 5.41) is 11.7. The number of aromatic carboxylic acids is 1. The Bertz CT molecular complexity index is 987. The van der Waals surface area contributed by atoms with E-state index in [9.17, 15) is 9.59 Å². The zero-order chi connectivity index (χ0) is 19.9. The van der Waals surface area contributed by atoms with Crippen molar-refractivity contribution in [3.63, 3.8) is 0 Å². The van der Waals surface area contributed by atoms with Crippen molar-refractivity contribution in [1.82, 2.24) is 10.3 Å². The molecular formula is C21H19N3O4. The van der Waals surface area contributed by atoms with Crippen LogP contribution in [-0.2, 0) is 13.1 Å². The molecule has 7 nitrogen and oxygen atoms in total. The first kappa shape index (κ1) is 19.1. The fourth-order valence-corrected chi connectivity index (χ4v) is 2.50. The topological polar surface area (TPSA) is 115 Å². The molecule has 0 spiro atoms. The summed E-state index contributed by atoms with van der Waals surface area (Å²) in [6.07, 6.45) is 1.61. The summed E-state index contributed by atoms with van der Waals surface area (Å²) in [6, 6.07) is 16.6. The molecule has 0 fully saturated rings. The predicted molar refractivity (Wildman–Crippen MR) is 103 cm³/mol. The van der Waals surface area contributed by atoms with E-state index >= 15 is 0 Å². The average molecular weight is 377 g/mol. The van der Waals surface area contributed by atoms with Crippen molar-refractivity contribution < 1.29 is 19.4 Å². The number of ether oxygens (including phenoxy) is 1. The minimum absolute atomic E-state index is 0.201. The Labute approximate surface area is 161 Å². The van der Waals surface area contributed by atoms with Gasteiger partial charge in [0.25, 0.3) is 5.91 Å². The van der Waals surface area contributed by atoms with Crippen molar-refractivity contribution in [2.45, 2.75) is 13.1 Å². The van der Waals surface area contributed by atoms with Crippen LogP contribution in [0.2, 0.25) is 0 Å². The van der Waals surface area contributed by atoms with Gasteiger partial charge in [-0.2, -0.15) is 0 Å². The molecule has 3 aromatic rings. The third kappa shape index (κ3) is 4.93. The molecule has 1 heterocycles. The van der Waals surface area contributed by atoms with Crippen molar-refractivity contribution >= 4 is 11.9 Å². The second-order valence-corrected chi connectivity index (χ2v) is 6.02. The summed E-state index contributed by atoms with van der Waals surface area (Å²) in [5.41, 5.74) is 7.95. The Hall–Kier alpha value is -3.71. The van der Waals surface area contributed by atoms with Crippen molar-refractivity contribution in [3.05, 3.63) is 89.1 Å². The Kier molecular flexibility index (Phi) is 5.98. The van der Waals surface area contributed by atoms with Crippen LogP contribution in [-0.4, -0.2) is 22.0 Å². The Morgan fingerprint density at radius 2 is 1.79 bits per heavy atom. The summed E-state index contributed by atoms with van der Waals surface area (Å²) in [7, 11) is 0. The second kappa shape index (κ2) is 8.79. The minimum Gasteiger partial charge on any atom is -0.478 e. The number of hydrogen-bond acceptors (Lipinski definition) is 5. The molecule has 0 radical (unpaired) electrons. The maximum absolute atomic E-state index is 12.4. The molecule has 142 valence electrons. The Morgan fingerprint density at radius 3 is 2.50 bits per heavy atom. The molecule has 0 aliphatic carbocycles. The number of carboxylic acids is 1. The molecule has 0 saturated heterocycles. The molecular weight excluding hydrogens is 358 g/mol. The summed E-state index contributed by atoms with van der Waals surface area (Å²) < 4.78 is 5.71. The zero-order valence-electron chi connectivity index (χ0n) is 15.0. The summed E-state index contributed by atoms with van der Waals surface area (Å²) in [5.74, 6) is -0.366. The minimum atomic E-state index is -0.987. The van der Waals surface area contributed by atoms with E-state index in [1.54, 1.807) is 54.7 Å². The van der Waals surface area contributed by atoms with Gasteiger partial charge in [0.2, 0.25) is 5.88 Å². The zero-order valence-corrected chi connectivity index (χ0v) is 15.0. The van der Waals surface area contributed by atoms with Gasteiger partial charge in [0.05, 0.1) is 5.56 Å². The lowest BCUT2D eigenvalue weighted by Crippen LogP contribution is -2.22. The first-order valence-electron chi connectivity index (χ1n) is 8.58. The maximum atomic E-state index is 12.4. The van der Waals surface area contributed by atoms with Crippen molar-refractivity contribution in [1.29, 1.82) is 0 Å². The van der Waals surface area contributed by atoms with Gasteiger partial charge in [0, 0.05) is 30.9 Å². The lowest BCUT2D eigenvalue weighted by Gasteiger charge is -2.09. The molecule has 7 heteroatoms. The smallest absolute Gasteiger partial charge is 0.335 e. The van der Waals surface area contributed by atoms with Crippen molar-refractivity contribution in [3.8, 4) is 11.6 Å². The number of benzene rings is 2. The molecule has 0 unspecified atom stereocenters. The predicted octanol–water partition coefficient (Wildman–Crippen LogP) is 2.96. The summed E-state index contributed by atoms with van der Waals surface area (Å²) in [6.45, 7) is 0.665. The van der Waals surface area contributed by atoms with E-state index in [1.807, 2.05) is 0 Å². The quantitative estimate of drug-likeness (QED) is 0.583. The molecule has 2 aromatic carbocycles. The summed E-state index contributed by atoms with van der Waals surface area (Å²) in [4.78, 5) is 27.4. The van der Waals surface area contributed by atoms with E-state index < -0.39 is 5.97 Å². The number of nitrogens with one attached hydrogen (secondary N) is 1. The largest absolute Gasteiger partial charge is 0.478 e. The summed E-state index contributed by atoms with van der Waals surface area (Å²) >= 11 is 0. The van der Waals surface area contributed by atoms with Gasteiger partial charge in [0.15, 0.2) is 0 Å². The van der Waals surface area contributed by atoms with Crippen LogP contribution < -0.4 is 15.8 Å². The van der Waals surface area contributed by atoms with Gasteiger partial charge in [-0.25, -0.2) is 9.78 Å². The number of pyridine rings is 1. The third-order valence-electron chi connectivity index (χ3n) is 4.01. The maximum Gasteiger partial charge on any atom is 0.335 e. The first-order chi connectivity index (χ1) is 13.5. The van der Waals surface area contributed by atoms with Crippen molar-refractivity contribution in [2.75, 3.05) is 0 Å². The highest BCUT2D eigenvalue weighted by Gasteiger charge is 2.08. The number of nitrogens with zero attached hydrogens (tertiary/aromatic N) is 1. The fraction of sp³-hybridized carbons (Fsp3) is 0.0952. The standard InChI is InChI=1S/C21H19N3O4/c22-12-15-8-9-23-19(10-15)28-18-3-1-2-17(11-18)20(25)24-13-14-4-6-16(7-5-14)21(26)27/h1-11H,12-13,22H2,(H,24,25)(H,26,27). The molecule has 0 saturated carbocycles. The van der Waals surface area contributed by atoms with Gasteiger partial charge < -0.3 is 20.9 Å². The fourth-order valence-electron chi connectivity index (χ4n) is 2.50. The number of nitrogens with two attached hydrogens (primary N) is 1. The molecule has 1 amide bonds. The molecule has 0 aliphatic heterocycles. The van der Waals surface area contributed by atoms with E-state index in [2.05, 4.69) is 10.3 Å². The normalized spacial score (nSPS) is 10.3. The van der Waals surface area contributed by atoms with Gasteiger partial charge in [-0.05, 0) is 47.5 Å². The van der Waals surface area contributed by atoms with E-state index in [0.29, 0.717) is 23.7 Å². The highest BCUT2D eigenvalue weighted by molar-refractivity contribution is 5.94. The number of rotatable bonds is 7. The molecule has 0 atom stereocenters. The van der Waals surface area contributed by atoms with E-state index in [0.717, 1.165) is 11.1 Å². The number of carbonyl (C=O) groups is 2. The van der Waals surface area contributed by atoms with Crippen LogP contribution in [0.25, 0.3) is 0 Å². The molecule has 1 aromatic heterocycles. The van der Waals surface area contributed by atoms with Gasteiger partial charge in [0.1, 0.15) is 5.75 Å². The van der Waals surface area contributed by atoms with Crippen LogP contribution >= 0.6 is 0 Å². The monoisotopic (exact) mass is 377 g/mol. The molecule has 4 N–H and O–H groups in total. The number of carboxylic acid groups (broad SMARTS) is 1. The van der Waals surface area contributed by atoms with E-state index in [-0.39, 0.29) is 18.0 Å². The van der Waals surface area contributed by atoms with Gasteiger partial charge in [-0.15, -0.1) is 0 Å². The highest BCUT2D eigenvalue weighted by atomic mass is 16.5. The van der Waals surface area contributed by atoms with Crippen LogP contribution in [0.15, 0.2) is 66.9 Å². The van der Waals surface area contributed by atoms with Crippen LogP contribution in [0.4, 0.5) is 0 Å². The Morgan fingerprint density at radius 1 is 1.00 bits per heavy atom. The number of amides is 1. The molecule has 3 rings (SSSR count). The van der Waals surface area contributed by atoms with Gasteiger partial charge in [-0.1, -0.05) is 18.2 Å². The lowest BCUT2D eigenvalue weighted by atomic mass is 10.1. The van der Waals surface area contributed by atoms with Crippen LogP contribution in [0.3, 0.4) is 0 Å². The third-order valence-corrected chi connectivity index (χ3v) is 4.01. The van der Waals surface area contributed by atoms with Gasteiger partial charge in [-0.3, -0.25) is 4.79 Å². The lowest BCUT2D eigenvalue weighted by molar-refractivity contribution is 0.0696. The van der Waals surface area contributed by atoms with E-state index in [4.69, 9.17) is 15.6 Å². The molecule has 0 bridgehead atoms. The van der Waals surface area contributed by atoms with Gasteiger partial charge >= 0.3 is 5.97 Å². The Balaban J connectivity index is 1.64. The molecule has 28 heavy (non-hydrogen) atoms. The highest BCUT2D eigenvalue weighted by Crippen LogP contribution is 2.21. The number of carbonyl (C=O) groups excluding carboxylic acids is 1. The van der Waals surface area contributed by atoms with Crippen LogP contribution in [0.5, 0.6) is 11.6 Å². The first-order valence-corrected chi connectivity index (χ1v) is 8.58. The average Bonchev–Trinajstić information content (AvgIpc) is 2.72. The van der Waals surface area contributed by atoms with E-state index in [1.165, 1.54) is 12.1 Å². The van der Waals surface area contributed by atoms with Crippen molar-refractivity contribution in [2.24, 2.45) is 5.73 Å². The number of aromatic nitrogens is 1. The molecule has 0 aliphatic rings. The van der Waals surface area contributed by atoms with Crippen LogP contribution in [0.1, 0.15) is 31.8 Å². The SMILES string of the molecule is NCc1ccnc(Oc2cccc(C(=O)NCc3ccc(C(=O)O)cc3)c2)c1.